The minimum absolute atomic E-state index is 0.0255. The third-order valence-corrected chi connectivity index (χ3v) is 3.94. The number of para-hydroxylation sites is 1. The second-order valence-electron chi connectivity index (χ2n) is 5.74. The van der Waals surface area contributed by atoms with E-state index in [0.29, 0.717) is 5.69 Å². The Morgan fingerprint density at radius 1 is 1.38 bits per heavy atom. The summed E-state index contributed by atoms with van der Waals surface area (Å²) in [5.41, 5.74) is 0.753. The van der Waals surface area contributed by atoms with Crippen molar-refractivity contribution in [2.24, 2.45) is 5.92 Å². The first-order chi connectivity index (χ1) is 12.3. The monoisotopic (exact) mass is 368 g/mol. The lowest BCUT2D eigenvalue weighted by Gasteiger charge is -2.15. The zero-order valence-electron chi connectivity index (χ0n) is 13.4. The van der Waals surface area contributed by atoms with E-state index in [0.717, 1.165) is 0 Å². The normalized spacial score (nSPS) is 17.4. The smallest absolute Gasteiger partial charge is 0.405 e. The summed E-state index contributed by atoms with van der Waals surface area (Å²) in [5.74, 6) is -1.59. The van der Waals surface area contributed by atoms with Crippen LogP contribution < -0.4 is 15.0 Å². The lowest BCUT2D eigenvalue weighted by atomic mass is 10.1. The molecule has 1 aromatic carbocycles. The van der Waals surface area contributed by atoms with Gasteiger partial charge in [-0.25, -0.2) is 0 Å². The Hall–Kier alpha value is -3.04. The Labute approximate surface area is 146 Å². The minimum atomic E-state index is -4.82. The van der Waals surface area contributed by atoms with E-state index in [1.165, 1.54) is 29.3 Å². The lowest BCUT2D eigenvalue weighted by molar-refractivity contribution is -0.274. The topological polar surface area (TPSA) is 87.3 Å². The molecule has 0 aliphatic carbocycles. The van der Waals surface area contributed by atoms with E-state index in [1.54, 1.807) is 12.3 Å². The first kappa shape index (κ1) is 17.8. The van der Waals surface area contributed by atoms with Gasteiger partial charge in [0.15, 0.2) is 0 Å². The predicted molar refractivity (Wildman–Crippen MR) is 84.0 cm³/mol. The summed E-state index contributed by atoms with van der Waals surface area (Å²) in [6.07, 6.45) is -1.77. The summed E-state index contributed by atoms with van der Waals surface area (Å²) in [6, 6.07) is 5.56. The number of nitrogens with one attached hydrogen (secondary N) is 2. The molecule has 3 rings (SSSR count). The maximum Gasteiger partial charge on any atom is 0.573 e. The third kappa shape index (κ3) is 4.13. The van der Waals surface area contributed by atoms with Crippen molar-refractivity contribution in [3.63, 3.8) is 0 Å². The van der Waals surface area contributed by atoms with Gasteiger partial charge in [0.25, 0.3) is 0 Å². The first-order valence-corrected chi connectivity index (χ1v) is 7.74. The molecule has 1 aliphatic rings. The fourth-order valence-electron chi connectivity index (χ4n) is 2.73. The molecule has 10 heteroatoms. The van der Waals surface area contributed by atoms with E-state index in [9.17, 15) is 22.8 Å². The van der Waals surface area contributed by atoms with Crippen molar-refractivity contribution in [1.29, 1.82) is 0 Å². The molecule has 138 valence electrons. The fraction of sp³-hybridized carbons (Fsp3) is 0.312. The van der Waals surface area contributed by atoms with E-state index < -0.39 is 18.2 Å². The fourth-order valence-corrected chi connectivity index (χ4v) is 2.73. The van der Waals surface area contributed by atoms with Gasteiger partial charge in [-0.05, 0) is 6.07 Å². The van der Waals surface area contributed by atoms with Gasteiger partial charge in [0.2, 0.25) is 11.8 Å². The van der Waals surface area contributed by atoms with E-state index in [-0.39, 0.29) is 36.7 Å². The SMILES string of the molecule is O=C(NCc1ccccc1OC(F)(F)F)[C@H]1CC(=O)N(c2cn[nH]c2)C1. The molecule has 0 saturated carbocycles. The van der Waals surface area contributed by atoms with Crippen molar-refractivity contribution in [3.05, 3.63) is 42.2 Å². The second kappa shape index (κ2) is 7.06. The molecule has 0 radical (unpaired) electrons. The highest BCUT2D eigenvalue weighted by molar-refractivity contribution is 6.00. The van der Waals surface area contributed by atoms with E-state index >= 15 is 0 Å². The van der Waals surface area contributed by atoms with Crippen molar-refractivity contribution in [3.8, 4) is 5.75 Å². The van der Waals surface area contributed by atoms with Crippen LogP contribution in [-0.4, -0.2) is 34.9 Å². The molecule has 1 saturated heterocycles. The molecule has 0 unspecified atom stereocenters. The molecule has 2 N–H and O–H groups in total. The number of benzene rings is 1. The lowest BCUT2D eigenvalue weighted by Crippen LogP contribution is -2.32. The number of aromatic amines is 1. The number of carbonyl (C=O) groups excluding carboxylic acids is 2. The average molecular weight is 368 g/mol. The van der Waals surface area contributed by atoms with Crippen LogP contribution in [0.5, 0.6) is 5.75 Å². The summed E-state index contributed by atoms with van der Waals surface area (Å²) in [4.78, 5) is 25.8. The summed E-state index contributed by atoms with van der Waals surface area (Å²) in [7, 11) is 0. The van der Waals surface area contributed by atoms with Crippen LogP contribution in [0.3, 0.4) is 0 Å². The van der Waals surface area contributed by atoms with Crippen molar-refractivity contribution >= 4 is 17.5 Å². The van der Waals surface area contributed by atoms with Crippen LogP contribution in [0.15, 0.2) is 36.7 Å². The molecule has 1 atom stereocenters. The molecular weight excluding hydrogens is 353 g/mol. The van der Waals surface area contributed by atoms with Gasteiger partial charge in [-0.3, -0.25) is 14.7 Å². The van der Waals surface area contributed by atoms with Gasteiger partial charge in [0, 0.05) is 31.3 Å². The van der Waals surface area contributed by atoms with Crippen LogP contribution in [0.1, 0.15) is 12.0 Å². The van der Waals surface area contributed by atoms with Gasteiger partial charge in [0.1, 0.15) is 5.75 Å². The number of H-pyrrole nitrogens is 1. The number of hydrogen-bond donors (Lipinski definition) is 2. The molecule has 7 nitrogen and oxygen atoms in total. The first-order valence-electron chi connectivity index (χ1n) is 7.74. The van der Waals surface area contributed by atoms with Gasteiger partial charge in [0.05, 0.1) is 17.8 Å². The van der Waals surface area contributed by atoms with Crippen LogP contribution in [0.4, 0.5) is 18.9 Å². The third-order valence-electron chi connectivity index (χ3n) is 3.94. The van der Waals surface area contributed by atoms with Crippen molar-refractivity contribution in [2.75, 3.05) is 11.4 Å². The summed E-state index contributed by atoms with van der Waals surface area (Å²) in [6.45, 7) is 0.0480. The quantitative estimate of drug-likeness (QED) is 0.845. The van der Waals surface area contributed by atoms with Crippen molar-refractivity contribution in [2.45, 2.75) is 19.3 Å². The van der Waals surface area contributed by atoms with Crippen molar-refractivity contribution < 1.29 is 27.5 Å². The van der Waals surface area contributed by atoms with E-state index in [2.05, 4.69) is 20.3 Å². The Balaban J connectivity index is 1.61. The number of aromatic nitrogens is 2. The maximum absolute atomic E-state index is 12.4. The largest absolute Gasteiger partial charge is 0.573 e. The Bertz CT molecular complexity index is 792. The predicted octanol–water partition coefficient (Wildman–Crippen LogP) is 1.98. The number of amides is 2. The number of ether oxygens (including phenoxy) is 1. The Morgan fingerprint density at radius 2 is 2.15 bits per heavy atom. The van der Waals surface area contributed by atoms with Gasteiger partial charge < -0.3 is 15.0 Å². The number of alkyl halides is 3. The van der Waals surface area contributed by atoms with Crippen molar-refractivity contribution in [1.82, 2.24) is 15.5 Å². The molecule has 2 heterocycles. The van der Waals surface area contributed by atoms with Crippen LogP contribution >= 0.6 is 0 Å². The molecule has 2 aromatic rings. The maximum atomic E-state index is 12.4. The highest BCUT2D eigenvalue weighted by Gasteiger charge is 2.36. The molecule has 1 aliphatic heterocycles. The standard InChI is InChI=1S/C16H15F3N4O3/c17-16(18,19)26-13-4-2-1-3-10(13)6-20-15(25)11-5-14(24)23(9-11)12-7-21-22-8-12/h1-4,7-8,11H,5-6,9H2,(H,20,25)(H,21,22)/t11-/m0/s1. The van der Waals surface area contributed by atoms with E-state index in [4.69, 9.17) is 0 Å². The summed E-state index contributed by atoms with van der Waals surface area (Å²) < 4.78 is 41.2. The highest BCUT2D eigenvalue weighted by Crippen LogP contribution is 2.27. The molecule has 26 heavy (non-hydrogen) atoms. The Kier molecular flexibility index (Phi) is 4.83. The molecular formula is C16H15F3N4O3. The molecule has 2 amide bonds. The van der Waals surface area contributed by atoms with Gasteiger partial charge in [-0.1, -0.05) is 18.2 Å². The molecule has 1 aromatic heterocycles. The zero-order chi connectivity index (χ0) is 18.7. The van der Waals surface area contributed by atoms with Crippen LogP contribution in [0, 0.1) is 5.92 Å². The number of anilines is 1. The molecule has 0 bridgehead atoms. The Morgan fingerprint density at radius 3 is 2.85 bits per heavy atom. The summed E-state index contributed by atoms with van der Waals surface area (Å²) >= 11 is 0. The minimum Gasteiger partial charge on any atom is -0.405 e. The number of hydrogen-bond acceptors (Lipinski definition) is 4. The average Bonchev–Trinajstić information content (AvgIpc) is 3.21. The molecule has 0 spiro atoms. The second-order valence-corrected chi connectivity index (χ2v) is 5.74. The van der Waals surface area contributed by atoms with Gasteiger partial charge >= 0.3 is 6.36 Å². The van der Waals surface area contributed by atoms with Gasteiger partial charge in [-0.2, -0.15) is 5.10 Å². The van der Waals surface area contributed by atoms with Crippen LogP contribution in [0.25, 0.3) is 0 Å². The van der Waals surface area contributed by atoms with Crippen LogP contribution in [0.2, 0.25) is 0 Å². The van der Waals surface area contributed by atoms with E-state index in [1.807, 2.05) is 0 Å². The van der Waals surface area contributed by atoms with Gasteiger partial charge in [-0.15, -0.1) is 13.2 Å². The highest BCUT2D eigenvalue weighted by atomic mass is 19.4. The number of nitrogens with zero attached hydrogens (tertiary/aromatic N) is 2. The van der Waals surface area contributed by atoms with Crippen LogP contribution in [-0.2, 0) is 16.1 Å². The number of carbonyl (C=O) groups is 2. The zero-order valence-corrected chi connectivity index (χ0v) is 13.4. The number of rotatable bonds is 5. The number of halogens is 3. The summed E-state index contributed by atoms with van der Waals surface area (Å²) in [5, 5.41) is 8.92. The molecule has 1 fully saturated rings.